The minimum absolute atomic E-state index is 0.344. The van der Waals surface area contributed by atoms with Crippen molar-refractivity contribution in [3.8, 4) is 5.75 Å². The van der Waals surface area contributed by atoms with Crippen molar-refractivity contribution < 1.29 is 9.53 Å². The molecule has 3 heteroatoms. The van der Waals surface area contributed by atoms with E-state index in [0.717, 1.165) is 25.0 Å². The quantitative estimate of drug-likeness (QED) is 0.512. The summed E-state index contributed by atoms with van der Waals surface area (Å²) in [5.74, 6) is 1.77. The van der Waals surface area contributed by atoms with E-state index in [9.17, 15) is 4.79 Å². The van der Waals surface area contributed by atoms with Gasteiger partial charge in [0.25, 0.3) is 0 Å². The maximum absolute atomic E-state index is 11.8. The van der Waals surface area contributed by atoms with Crippen LogP contribution in [0.25, 0.3) is 0 Å². The van der Waals surface area contributed by atoms with E-state index in [4.69, 9.17) is 4.74 Å². The van der Waals surface area contributed by atoms with Gasteiger partial charge in [0.2, 0.25) is 0 Å². The summed E-state index contributed by atoms with van der Waals surface area (Å²) in [5, 5.41) is 1.95. The van der Waals surface area contributed by atoms with Gasteiger partial charge in [0, 0.05) is 12.8 Å². The Morgan fingerprint density at radius 1 is 1.29 bits per heavy atom. The lowest BCUT2D eigenvalue weighted by atomic mass is 9.83. The lowest BCUT2D eigenvalue weighted by Crippen LogP contribution is -2.26. The summed E-state index contributed by atoms with van der Waals surface area (Å²) in [7, 11) is 1.42. The Hall–Kier alpha value is -1.09. The van der Waals surface area contributed by atoms with Gasteiger partial charge < -0.3 is 4.74 Å². The predicted octanol–water partition coefficient (Wildman–Crippen LogP) is 4.49. The molecule has 1 atom stereocenters. The molecule has 2 nitrogen and oxygen atoms in total. The molecule has 1 aliphatic carbocycles. The number of ketones is 1. The van der Waals surface area contributed by atoms with Gasteiger partial charge in [-0.15, -0.1) is 0 Å². The second-order valence-corrected chi connectivity index (χ2v) is 11.3. The molecule has 1 saturated carbocycles. The number of unbranched alkanes of at least 4 members (excludes halogenated alkanes) is 2. The van der Waals surface area contributed by atoms with Gasteiger partial charge in [-0.3, -0.25) is 4.79 Å². The van der Waals surface area contributed by atoms with Crippen LogP contribution in [0.3, 0.4) is 0 Å². The number of rotatable bonds is 8. The van der Waals surface area contributed by atoms with Crippen LogP contribution in [0.1, 0.15) is 83.6 Å². The van der Waals surface area contributed by atoms with Crippen LogP contribution in [-0.4, -0.2) is 22.4 Å². The minimum Gasteiger partial charge on any atom is -0.496 e. The first kappa shape index (κ1) is 19.2. The van der Waals surface area contributed by atoms with Crippen molar-refractivity contribution in [1.29, 1.82) is 0 Å². The Morgan fingerprint density at radius 3 is 2.75 bits per heavy atom. The first-order valence-corrected chi connectivity index (χ1v) is 11.0. The molecule has 0 radical (unpaired) electrons. The summed E-state index contributed by atoms with van der Waals surface area (Å²) >= 11 is 0. The minimum atomic E-state index is -0.344. The second-order valence-electron chi connectivity index (χ2n) is 8.21. The topological polar surface area (TPSA) is 26.3 Å². The van der Waals surface area contributed by atoms with Crippen LogP contribution in [0.4, 0.5) is 0 Å². The number of carbonyl (C=O) groups excluding carboxylic acids is 1. The van der Waals surface area contributed by atoms with Crippen molar-refractivity contribution in [2.75, 3.05) is 7.11 Å². The summed E-state index contributed by atoms with van der Waals surface area (Å²) in [6, 6.07) is 6.82. The van der Waals surface area contributed by atoms with Gasteiger partial charge in [0.05, 0.1) is 16.6 Å². The molecule has 0 aromatic heterocycles. The third-order valence-corrected chi connectivity index (χ3v) is 7.52. The zero-order valence-corrected chi connectivity index (χ0v) is 17.4. The molecule has 1 unspecified atom stereocenters. The molecule has 2 rings (SSSR count). The molecule has 0 amide bonds. The molecule has 0 heterocycles. The third kappa shape index (κ3) is 5.47. The smallest absolute Gasteiger partial charge is 0.133 e. The highest BCUT2D eigenvalue weighted by molar-refractivity contribution is 6.56. The third-order valence-electron chi connectivity index (χ3n) is 5.36. The van der Waals surface area contributed by atoms with Crippen molar-refractivity contribution in [3.63, 3.8) is 0 Å². The lowest BCUT2D eigenvalue weighted by molar-refractivity contribution is -0.120. The van der Waals surface area contributed by atoms with Crippen LogP contribution in [-0.2, 0) is 4.79 Å². The van der Waals surface area contributed by atoms with Crippen LogP contribution in [0.5, 0.6) is 5.75 Å². The molecule has 0 aliphatic heterocycles. The fourth-order valence-electron chi connectivity index (χ4n) is 3.99. The SMILES string of the molecule is CCCCCC(C)(C)[SiH2]c1ccc(C2CCCC(=O)C2)c(OC)c1. The van der Waals surface area contributed by atoms with Crippen LogP contribution in [0, 0.1) is 0 Å². The Bertz CT molecular complexity index is 551. The maximum atomic E-state index is 11.8. The Balaban J connectivity index is 2.09. The average molecular weight is 347 g/mol. The summed E-state index contributed by atoms with van der Waals surface area (Å²) in [5.41, 5.74) is 1.24. The highest BCUT2D eigenvalue weighted by Gasteiger charge is 2.25. The maximum Gasteiger partial charge on any atom is 0.133 e. The Labute approximate surface area is 150 Å². The molecule has 0 bridgehead atoms. The fraction of sp³-hybridized carbons (Fsp3) is 0.667. The van der Waals surface area contributed by atoms with Gasteiger partial charge in [-0.25, -0.2) is 0 Å². The molecule has 1 aromatic rings. The summed E-state index contributed by atoms with van der Waals surface area (Å²) in [6.07, 6.45) is 8.89. The van der Waals surface area contributed by atoms with E-state index in [0.29, 0.717) is 23.2 Å². The monoisotopic (exact) mass is 346 g/mol. The van der Waals surface area contributed by atoms with Gasteiger partial charge >= 0.3 is 0 Å². The fourth-order valence-corrected chi connectivity index (χ4v) is 6.04. The lowest BCUT2D eigenvalue weighted by Gasteiger charge is -2.26. The molecule has 134 valence electrons. The number of hydrogen-bond acceptors (Lipinski definition) is 2. The largest absolute Gasteiger partial charge is 0.496 e. The molecule has 1 fully saturated rings. The van der Waals surface area contributed by atoms with Gasteiger partial charge in [-0.2, -0.15) is 0 Å². The number of methoxy groups -OCH3 is 1. The zero-order valence-electron chi connectivity index (χ0n) is 16.0. The first-order valence-electron chi connectivity index (χ1n) is 9.63. The number of benzene rings is 1. The van der Waals surface area contributed by atoms with Crippen molar-refractivity contribution in [3.05, 3.63) is 23.8 Å². The molecule has 0 spiro atoms. The van der Waals surface area contributed by atoms with Gasteiger partial charge in [0.1, 0.15) is 11.5 Å². The summed E-state index contributed by atoms with van der Waals surface area (Å²) < 4.78 is 5.70. The van der Waals surface area contributed by atoms with E-state index in [1.807, 2.05) is 0 Å². The Morgan fingerprint density at radius 2 is 2.08 bits per heavy atom. The molecule has 0 N–H and O–H groups in total. The second kappa shape index (κ2) is 8.84. The van der Waals surface area contributed by atoms with Crippen molar-refractivity contribution >= 4 is 20.5 Å². The number of Topliss-reactive ketones (excluding diaryl/α,β-unsaturated/α-hetero) is 1. The van der Waals surface area contributed by atoms with Crippen LogP contribution < -0.4 is 9.92 Å². The van der Waals surface area contributed by atoms with Gasteiger partial charge in [-0.1, -0.05) is 63.8 Å². The van der Waals surface area contributed by atoms with Crippen LogP contribution >= 0.6 is 0 Å². The van der Waals surface area contributed by atoms with E-state index >= 15 is 0 Å². The molecule has 0 saturated heterocycles. The average Bonchev–Trinajstić information content (AvgIpc) is 2.54. The van der Waals surface area contributed by atoms with E-state index in [1.165, 1.54) is 36.4 Å². The number of carbonyl (C=O) groups is 1. The summed E-state index contributed by atoms with van der Waals surface area (Å²) in [4.78, 5) is 11.8. The molecular weight excluding hydrogens is 312 g/mol. The highest BCUT2D eigenvalue weighted by Crippen LogP contribution is 2.36. The van der Waals surface area contributed by atoms with E-state index in [2.05, 4.69) is 39.0 Å². The van der Waals surface area contributed by atoms with Crippen molar-refractivity contribution in [1.82, 2.24) is 0 Å². The molecular formula is C21H34O2Si. The summed E-state index contributed by atoms with van der Waals surface area (Å²) in [6.45, 7) is 7.12. The predicted molar refractivity (Wildman–Crippen MR) is 106 cm³/mol. The van der Waals surface area contributed by atoms with Gasteiger partial charge in [-0.05, 0) is 35.4 Å². The first-order chi connectivity index (χ1) is 11.4. The number of ether oxygens (including phenoxy) is 1. The molecule has 24 heavy (non-hydrogen) atoms. The van der Waals surface area contributed by atoms with Gasteiger partial charge in [0.15, 0.2) is 0 Å². The Kier molecular flexibility index (Phi) is 7.09. The van der Waals surface area contributed by atoms with Crippen LogP contribution in [0.2, 0.25) is 5.04 Å². The van der Waals surface area contributed by atoms with E-state index in [-0.39, 0.29) is 9.52 Å². The standard InChI is InChI=1S/C21H34O2Si/c1-5-6-7-13-21(2,3)24-18-11-12-19(20(15-18)23-4)16-9-8-10-17(22)14-16/h11-12,15-16H,5-10,13-14,24H2,1-4H3. The normalized spacial score (nSPS) is 19.2. The number of hydrogen-bond donors (Lipinski definition) is 0. The zero-order chi connectivity index (χ0) is 17.6. The van der Waals surface area contributed by atoms with Crippen LogP contribution in [0.15, 0.2) is 18.2 Å². The van der Waals surface area contributed by atoms with Crippen molar-refractivity contribution in [2.24, 2.45) is 0 Å². The van der Waals surface area contributed by atoms with Crippen molar-refractivity contribution in [2.45, 2.75) is 83.1 Å². The van der Waals surface area contributed by atoms with E-state index < -0.39 is 0 Å². The highest BCUT2D eigenvalue weighted by atomic mass is 28.2. The molecule has 1 aromatic carbocycles. The molecule has 1 aliphatic rings. The van der Waals surface area contributed by atoms with E-state index in [1.54, 1.807) is 7.11 Å².